The molecule has 0 heterocycles. The topological polar surface area (TPSA) is 12.0 Å². The molecule has 0 spiro atoms. The summed E-state index contributed by atoms with van der Waals surface area (Å²) in [6, 6.07) is 9.21. The van der Waals surface area contributed by atoms with Crippen LogP contribution in [0.3, 0.4) is 0 Å². The highest BCUT2D eigenvalue weighted by molar-refractivity contribution is 9.10. The molecule has 0 radical (unpaired) electrons. The number of hydrogen-bond acceptors (Lipinski definition) is 1. The van der Waals surface area contributed by atoms with Crippen LogP contribution in [0.15, 0.2) is 28.7 Å². The molecule has 102 valence electrons. The highest BCUT2D eigenvalue weighted by Crippen LogP contribution is 2.29. The number of hydrogen-bond donors (Lipinski definition) is 1. The van der Waals surface area contributed by atoms with Crippen molar-refractivity contribution in [1.29, 1.82) is 0 Å². The third-order valence-electron chi connectivity index (χ3n) is 3.37. The Balaban J connectivity index is 2.72. The largest absolute Gasteiger partial charge is 0.314 e. The number of halogens is 1. The molecule has 0 fully saturated rings. The van der Waals surface area contributed by atoms with Gasteiger partial charge in [0.2, 0.25) is 0 Å². The molecule has 1 aromatic carbocycles. The van der Waals surface area contributed by atoms with E-state index < -0.39 is 0 Å². The molecule has 0 saturated heterocycles. The van der Waals surface area contributed by atoms with E-state index in [1.54, 1.807) is 0 Å². The predicted octanol–water partition coefficient (Wildman–Crippen LogP) is 4.65. The summed E-state index contributed by atoms with van der Waals surface area (Å²) in [5.74, 6) is 0.647. The Hall–Kier alpha value is -0.340. The van der Waals surface area contributed by atoms with Gasteiger partial charge in [-0.05, 0) is 42.0 Å². The van der Waals surface area contributed by atoms with Gasteiger partial charge < -0.3 is 5.32 Å². The molecule has 0 amide bonds. The van der Waals surface area contributed by atoms with Crippen molar-refractivity contribution < 1.29 is 0 Å². The first-order valence-corrected chi connectivity index (χ1v) is 7.56. The smallest absolute Gasteiger partial charge is 0.0177 e. The van der Waals surface area contributed by atoms with E-state index >= 15 is 0 Å². The van der Waals surface area contributed by atoms with E-state index in [1.807, 2.05) is 0 Å². The molecule has 0 aliphatic heterocycles. The van der Waals surface area contributed by atoms with Crippen LogP contribution in [0.25, 0.3) is 0 Å². The Bertz CT molecular complexity index is 366. The van der Waals surface area contributed by atoms with Gasteiger partial charge in [-0.2, -0.15) is 0 Å². The molecule has 1 nitrogen and oxygen atoms in total. The lowest BCUT2D eigenvalue weighted by atomic mass is 9.77. The zero-order chi connectivity index (χ0) is 13.8. The van der Waals surface area contributed by atoms with Crippen LogP contribution in [0.2, 0.25) is 0 Å². The van der Waals surface area contributed by atoms with E-state index in [0.29, 0.717) is 17.4 Å². The summed E-state index contributed by atoms with van der Waals surface area (Å²) < 4.78 is 1.17. The zero-order valence-electron chi connectivity index (χ0n) is 12.3. The molecule has 1 unspecified atom stereocenters. The van der Waals surface area contributed by atoms with Crippen LogP contribution in [0.5, 0.6) is 0 Å². The molecule has 0 aromatic heterocycles. The summed E-state index contributed by atoms with van der Waals surface area (Å²) in [4.78, 5) is 0. The molecule has 0 aliphatic carbocycles. The maximum absolute atomic E-state index is 3.58. The average Bonchev–Trinajstić information content (AvgIpc) is 2.22. The number of rotatable bonds is 5. The van der Waals surface area contributed by atoms with Gasteiger partial charge in [-0.1, -0.05) is 62.7 Å². The van der Waals surface area contributed by atoms with Gasteiger partial charge in [0.25, 0.3) is 0 Å². The Morgan fingerprint density at radius 3 is 2.39 bits per heavy atom. The van der Waals surface area contributed by atoms with Crippen LogP contribution in [0.4, 0.5) is 0 Å². The van der Waals surface area contributed by atoms with Crippen LogP contribution in [0.1, 0.15) is 40.2 Å². The van der Waals surface area contributed by atoms with Crippen molar-refractivity contribution in [1.82, 2.24) is 5.32 Å². The predicted molar refractivity (Wildman–Crippen MR) is 83.9 cm³/mol. The van der Waals surface area contributed by atoms with E-state index in [4.69, 9.17) is 0 Å². The summed E-state index contributed by atoms with van der Waals surface area (Å²) in [5.41, 5.74) is 1.74. The van der Waals surface area contributed by atoms with Gasteiger partial charge in [-0.15, -0.1) is 0 Å². The van der Waals surface area contributed by atoms with Crippen molar-refractivity contribution in [3.05, 3.63) is 34.3 Å². The van der Waals surface area contributed by atoms with Crippen LogP contribution in [0, 0.1) is 11.3 Å². The Labute approximate surface area is 120 Å². The first-order chi connectivity index (χ1) is 8.29. The Morgan fingerprint density at radius 1 is 1.22 bits per heavy atom. The maximum atomic E-state index is 3.58. The lowest BCUT2D eigenvalue weighted by Crippen LogP contribution is -2.36. The Kier molecular flexibility index (Phi) is 5.87. The minimum absolute atomic E-state index is 0.324. The summed E-state index contributed by atoms with van der Waals surface area (Å²) in [6.07, 6.45) is 1.13. The summed E-state index contributed by atoms with van der Waals surface area (Å²) >= 11 is 3.55. The third-order valence-corrected chi connectivity index (χ3v) is 3.86. The van der Waals surface area contributed by atoms with Gasteiger partial charge >= 0.3 is 0 Å². The van der Waals surface area contributed by atoms with E-state index in [1.165, 1.54) is 10.0 Å². The van der Waals surface area contributed by atoms with Gasteiger partial charge in [-0.3, -0.25) is 0 Å². The van der Waals surface area contributed by atoms with Gasteiger partial charge in [0.05, 0.1) is 0 Å². The monoisotopic (exact) mass is 311 g/mol. The second kappa shape index (κ2) is 6.72. The van der Waals surface area contributed by atoms with Crippen LogP contribution in [-0.2, 0) is 6.42 Å². The van der Waals surface area contributed by atoms with Gasteiger partial charge in [0.1, 0.15) is 0 Å². The fourth-order valence-electron chi connectivity index (χ4n) is 2.01. The van der Waals surface area contributed by atoms with Gasteiger partial charge in [0.15, 0.2) is 0 Å². The molecule has 0 aliphatic rings. The van der Waals surface area contributed by atoms with Crippen molar-refractivity contribution in [2.45, 2.75) is 47.1 Å². The first kappa shape index (κ1) is 15.7. The number of benzene rings is 1. The van der Waals surface area contributed by atoms with Crippen LogP contribution < -0.4 is 5.32 Å². The summed E-state index contributed by atoms with van der Waals surface area (Å²) in [6.45, 7) is 12.5. The van der Waals surface area contributed by atoms with Crippen molar-refractivity contribution >= 4 is 15.9 Å². The Morgan fingerprint density at radius 2 is 1.89 bits per heavy atom. The lowest BCUT2D eigenvalue weighted by molar-refractivity contribution is 0.226. The average molecular weight is 312 g/mol. The lowest BCUT2D eigenvalue weighted by Gasteiger charge is -2.32. The third kappa shape index (κ3) is 5.53. The van der Waals surface area contributed by atoms with Gasteiger partial charge in [-0.25, -0.2) is 0 Å². The minimum atomic E-state index is 0.324. The number of nitrogens with one attached hydrogen (secondary N) is 1. The van der Waals surface area contributed by atoms with E-state index in [9.17, 15) is 0 Å². The molecule has 1 N–H and O–H groups in total. The molecule has 1 aromatic rings. The normalized spacial score (nSPS) is 13.9. The van der Waals surface area contributed by atoms with E-state index in [-0.39, 0.29) is 0 Å². The second-order valence-electron chi connectivity index (χ2n) is 6.46. The first-order valence-electron chi connectivity index (χ1n) is 6.77. The maximum Gasteiger partial charge on any atom is 0.0177 e. The van der Waals surface area contributed by atoms with Crippen LogP contribution in [-0.4, -0.2) is 12.6 Å². The molecule has 0 saturated carbocycles. The highest BCUT2D eigenvalue weighted by atomic mass is 79.9. The minimum Gasteiger partial charge on any atom is -0.314 e. The molecule has 2 heteroatoms. The van der Waals surface area contributed by atoms with Crippen molar-refractivity contribution in [3.8, 4) is 0 Å². The van der Waals surface area contributed by atoms with Crippen molar-refractivity contribution in [2.24, 2.45) is 11.3 Å². The quantitative estimate of drug-likeness (QED) is 0.834. The van der Waals surface area contributed by atoms with E-state index in [0.717, 1.165) is 13.0 Å². The molecule has 18 heavy (non-hydrogen) atoms. The SMILES string of the molecule is CC(C)NCC(Cc1cccc(Br)c1)C(C)(C)C. The molecule has 1 atom stereocenters. The van der Waals surface area contributed by atoms with Crippen molar-refractivity contribution in [2.75, 3.05) is 6.54 Å². The standard InChI is InChI=1S/C16H26BrN/c1-12(2)18-11-14(16(3,4)5)9-13-7-6-8-15(17)10-13/h6-8,10,12,14,18H,9,11H2,1-5H3. The highest BCUT2D eigenvalue weighted by Gasteiger charge is 2.24. The molecule has 1 rings (SSSR count). The van der Waals surface area contributed by atoms with E-state index in [2.05, 4.69) is 80.1 Å². The zero-order valence-corrected chi connectivity index (χ0v) is 13.8. The van der Waals surface area contributed by atoms with Gasteiger partial charge in [0, 0.05) is 10.5 Å². The fourth-order valence-corrected chi connectivity index (χ4v) is 2.46. The van der Waals surface area contributed by atoms with Crippen LogP contribution >= 0.6 is 15.9 Å². The fraction of sp³-hybridized carbons (Fsp3) is 0.625. The second-order valence-corrected chi connectivity index (χ2v) is 7.38. The summed E-state index contributed by atoms with van der Waals surface area (Å²) in [5, 5.41) is 3.58. The molecule has 0 bridgehead atoms. The molecular weight excluding hydrogens is 286 g/mol. The summed E-state index contributed by atoms with van der Waals surface area (Å²) in [7, 11) is 0. The van der Waals surface area contributed by atoms with Crippen molar-refractivity contribution in [3.63, 3.8) is 0 Å². The molecular formula is C16H26BrN.